The molecule has 0 aliphatic heterocycles. The van der Waals surface area contributed by atoms with E-state index in [1.807, 2.05) is 38.1 Å². The van der Waals surface area contributed by atoms with Gasteiger partial charge in [-0.3, -0.25) is 9.00 Å². The normalized spacial score (nSPS) is 13.8. The number of aryl methyl sites for hydroxylation is 1. The molecule has 0 aromatic heterocycles. The molecule has 0 fully saturated rings. The van der Waals surface area contributed by atoms with Crippen LogP contribution in [0, 0.1) is 6.92 Å². The second-order valence-corrected chi connectivity index (χ2v) is 6.16. The summed E-state index contributed by atoms with van der Waals surface area (Å²) in [5, 5.41) is -0.509. The van der Waals surface area contributed by atoms with Crippen molar-refractivity contribution in [1.82, 2.24) is 0 Å². The first kappa shape index (κ1) is 15.9. The third-order valence-electron chi connectivity index (χ3n) is 2.81. The number of ether oxygens (including phenoxy) is 1. The number of hydrogen-bond donors (Lipinski definition) is 0. The van der Waals surface area contributed by atoms with E-state index in [9.17, 15) is 9.00 Å². The van der Waals surface area contributed by atoms with Crippen LogP contribution in [0.1, 0.15) is 37.8 Å². The predicted octanol–water partition coefficient (Wildman–Crippen LogP) is 2.98. The Morgan fingerprint density at radius 2 is 2.11 bits per heavy atom. The fourth-order valence-corrected chi connectivity index (χ4v) is 3.41. The number of esters is 1. The molecule has 4 heteroatoms. The maximum absolute atomic E-state index is 12.3. The molecule has 0 saturated carbocycles. The smallest absolute Gasteiger partial charge is 0.321 e. The predicted molar refractivity (Wildman–Crippen MR) is 78.4 cm³/mol. The van der Waals surface area contributed by atoms with Crippen molar-refractivity contribution in [2.24, 2.45) is 0 Å². The molecule has 0 spiro atoms. The first-order chi connectivity index (χ1) is 9.08. The Balaban J connectivity index is 2.74. The average molecular weight is 282 g/mol. The van der Waals surface area contributed by atoms with Crippen molar-refractivity contribution in [3.05, 3.63) is 35.4 Å². The van der Waals surface area contributed by atoms with Crippen LogP contribution in [0.2, 0.25) is 0 Å². The highest BCUT2D eigenvalue weighted by molar-refractivity contribution is 7.85. The summed E-state index contributed by atoms with van der Waals surface area (Å²) in [6, 6.07) is 7.90. The molecule has 0 N–H and O–H groups in total. The second kappa shape index (κ2) is 8.10. The van der Waals surface area contributed by atoms with Crippen molar-refractivity contribution in [2.45, 2.75) is 44.6 Å². The monoisotopic (exact) mass is 282 g/mol. The molecule has 2 atom stereocenters. The third kappa shape index (κ3) is 5.15. The van der Waals surface area contributed by atoms with E-state index < -0.39 is 16.0 Å². The van der Waals surface area contributed by atoms with Gasteiger partial charge in [-0.25, -0.2) is 0 Å². The zero-order chi connectivity index (χ0) is 14.3. The maximum Gasteiger partial charge on any atom is 0.321 e. The maximum atomic E-state index is 12.3. The standard InChI is InChI=1S/C15H22O3S/c1-4-7-14(15(16)18-5-2)19(17)11-13-9-6-8-12(3)10-13/h6,8-10,14H,4-5,7,11H2,1-3H3. The van der Waals surface area contributed by atoms with Crippen molar-refractivity contribution >= 4 is 16.8 Å². The fourth-order valence-electron chi connectivity index (χ4n) is 1.92. The molecule has 0 radical (unpaired) electrons. The number of carbonyl (C=O) groups is 1. The van der Waals surface area contributed by atoms with Gasteiger partial charge in [-0.2, -0.15) is 0 Å². The number of hydrogen-bond acceptors (Lipinski definition) is 3. The number of carbonyl (C=O) groups excluding carboxylic acids is 1. The zero-order valence-electron chi connectivity index (χ0n) is 11.8. The summed E-state index contributed by atoms with van der Waals surface area (Å²) in [4.78, 5) is 11.8. The Morgan fingerprint density at radius 1 is 1.37 bits per heavy atom. The second-order valence-electron chi connectivity index (χ2n) is 4.54. The van der Waals surface area contributed by atoms with Crippen LogP contribution in [-0.2, 0) is 26.1 Å². The minimum absolute atomic E-state index is 0.334. The molecule has 0 heterocycles. The highest BCUT2D eigenvalue weighted by Gasteiger charge is 2.25. The van der Waals surface area contributed by atoms with Crippen molar-refractivity contribution in [3.8, 4) is 0 Å². The lowest BCUT2D eigenvalue weighted by Gasteiger charge is -2.14. The summed E-state index contributed by atoms with van der Waals surface area (Å²) in [5.74, 6) is 0.0702. The van der Waals surface area contributed by atoms with E-state index in [1.165, 1.54) is 0 Å². The first-order valence-corrected chi connectivity index (χ1v) is 8.06. The summed E-state index contributed by atoms with van der Waals surface area (Å²) < 4.78 is 17.3. The Hall–Kier alpha value is -1.16. The van der Waals surface area contributed by atoms with Gasteiger partial charge in [0.2, 0.25) is 0 Å². The fraction of sp³-hybridized carbons (Fsp3) is 0.533. The largest absolute Gasteiger partial charge is 0.465 e. The number of benzene rings is 1. The van der Waals surface area contributed by atoms with Crippen LogP contribution in [0.25, 0.3) is 0 Å². The average Bonchev–Trinajstić information content (AvgIpc) is 2.36. The van der Waals surface area contributed by atoms with Gasteiger partial charge in [-0.05, 0) is 25.8 Å². The number of rotatable bonds is 7. The highest BCUT2D eigenvalue weighted by Crippen LogP contribution is 2.14. The minimum Gasteiger partial charge on any atom is -0.465 e. The quantitative estimate of drug-likeness (QED) is 0.722. The van der Waals surface area contributed by atoms with Gasteiger partial charge >= 0.3 is 5.97 Å². The molecule has 0 aliphatic carbocycles. The molecule has 0 amide bonds. The minimum atomic E-state index is -1.22. The van der Waals surface area contributed by atoms with Gasteiger partial charge < -0.3 is 4.74 Å². The summed E-state index contributed by atoms with van der Waals surface area (Å²) in [5.41, 5.74) is 2.14. The van der Waals surface area contributed by atoms with Crippen molar-refractivity contribution in [3.63, 3.8) is 0 Å². The molecule has 1 aromatic carbocycles. The van der Waals surface area contributed by atoms with Crippen molar-refractivity contribution < 1.29 is 13.7 Å². The van der Waals surface area contributed by atoms with E-state index in [1.54, 1.807) is 6.92 Å². The third-order valence-corrected chi connectivity index (χ3v) is 4.49. The van der Waals surface area contributed by atoms with E-state index in [0.29, 0.717) is 18.8 Å². The van der Waals surface area contributed by atoms with E-state index >= 15 is 0 Å². The van der Waals surface area contributed by atoms with Gasteiger partial charge in [0.1, 0.15) is 5.25 Å². The van der Waals surface area contributed by atoms with Crippen LogP contribution < -0.4 is 0 Å². The lowest BCUT2D eigenvalue weighted by molar-refractivity contribution is -0.142. The van der Waals surface area contributed by atoms with Gasteiger partial charge in [-0.15, -0.1) is 0 Å². The van der Waals surface area contributed by atoms with Crippen LogP contribution in [0.5, 0.6) is 0 Å². The van der Waals surface area contributed by atoms with Crippen LogP contribution in [0.4, 0.5) is 0 Å². The van der Waals surface area contributed by atoms with Crippen molar-refractivity contribution in [2.75, 3.05) is 6.61 Å². The van der Waals surface area contributed by atoms with Gasteiger partial charge in [0.15, 0.2) is 0 Å². The first-order valence-electron chi connectivity index (χ1n) is 6.67. The molecule has 0 saturated heterocycles. The van der Waals surface area contributed by atoms with E-state index in [0.717, 1.165) is 17.5 Å². The highest BCUT2D eigenvalue weighted by atomic mass is 32.2. The SMILES string of the molecule is CCCC(C(=O)OCC)S(=O)Cc1cccc(C)c1. The topological polar surface area (TPSA) is 43.4 Å². The van der Waals surface area contributed by atoms with Crippen LogP contribution >= 0.6 is 0 Å². The summed E-state index contributed by atoms with van der Waals surface area (Å²) in [7, 11) is -1.22. The van der Waals surface area contributed by atoms with Crippen LogP contribution in [0.15, 0.2) is 24.3 Å². The van der Waals surface area contributed by atoms with E-state index in [4.69, 9.17) is 4.74 Å². The molecular formula is C15H22O3S. The molecule has 2 unspecified atom stereocenters. The van der Waals surface area contributed by atoms with E-state index in [2.05, 4.69) is 0 Å². The molecule has 0 aliphatic rings. The van der Waals surface area contributed by atoms with Gasteiger partial charge in [0.25, 0.3) is 0 Å². The lowest BCUT2D eigenvalue weighted by atomic mass is 10.2. The molecule has 106 valence electrons. The van der Waals surface area contributed by atoms with Crippen molar-refractivity contribution in [1.29, 1.82) is 0 Å². The molecule has 1 rings (SSSR count). The van der Waals surface area contributed by atoms with Gasteiger partial charge in [0, 0.05) is 16.6 Å². The summed E-state index contributed by atoms with van der Waals surface area (Å²) in [6.45, 7) is 6.09. The molecule has 3 nitrogen and oxygen atoms in total. The lowest BCUT2D eigenvalue weighted by Crippen LogP contribution is -2.29. The van der Waals surface area contributed by atoms with Crippen LogP contribution in [-0.4, -0.2) is 22.0 Å². The Bertz CT molecular complexity index is 443. The van der Waals surface area contributed by atoms with Crippen LogP contribution in [0.3, 0.4) is 0 Å². The molecule has 1 aromatic rings. The Morgan fingerprint density at radius 3 is 2.68 bits per heavy atom. The zero-order valence-corrected chi connectivity index (χ0v) is 12.7. The van der Waals surface area contributed by atoms with Gasteiger partial charge in [0.05, 0.1) is 6.61 Å². The summed E-state index contributed by atoms with van der Waals surface area (Å²) >= 11 is 0. The Labute approximate surface area is 117 Å². The summed E-state index contributed by atoms with van der Waals surface area (Å²) in [6.07, 6.45) is 1.43. The molecular weight excluding hydrogens is 260 g/mol. The van der Waals surface area contributed by atoms with Gasteiger partial charge in [-0.1, -0.05) is 43.2 Å². The van der Waals surface area contributed by atoms with E-state index in [-0.39, 0.29) is 5.97 Å². The molecule has 19 heavy (non-hydrogen) atoms. The molecule has 0 bridgehead atoms. The Kier molecular flexibility index (Phi) is 6.78.